The van der Waals surface area contributed by atoms with Crippen molar-refractivity contribution in [3.8, 4) is 0 Å². The largest absolute Gasteiger partial charge is 0.368 e. The van der Waals surface area contributed by atoms with Crippen LogP contribution in [0.1, 0.15) is 16.8 Å². The van der Waals surface area contributed by atoms with Crippen molar-refractivity contribution in [3.63, 3.8) is 0 Å². The van der Waals surface area contributed by atoms with Crippen molar-refractivity contribution in [2.24, 2.45) is 0 Å². The molecule has 0 saturated heterocycles. The first-order chi connectivity index (χ1) is 8.15. The molecule has 0 bridgehead atoms. The number of aromatic nitrogens is 3. The third kappa shape index (κ3) is 2.90. The molecule has 2 aromatic heterocycles. The van der Waals surface area contributed by atoms with Gasteiger partial charge in [0.05, 0.1) is 0 Å². The lowest BCUT2D eigenvalue weighted by Gasteiger charge is -2.08. The van der Waals surface area contributed by atoms with Gasteiger partial charge in [-0.15, -0.1) is 0 Å². The van der Waals surface area contributed by atoms with E-state index < -0.39 is 0 Å². The number of nitrogens with zero attached hydrogens (tertiary/aromatic N) is 3. The third-order valence-electron chi connectivity index (χ3n) is 2.42. The summed E-state index contributed by atoms with van der Waals surface area (Å²) in [5.74, 6) is 1.04. The molecule has 0 aliphatic rings. The van der Waals surface area contributed by atoms with Crippen molar-refractivity contribution in [3.05, 3.63) is 41.3 Å². The van der Waals surface area contributed by atoms with Crippen molar-refractivity contribution in [2.75, 3.05) is 11.1 Å². The number of anilines is 2. The number of hydrogen-bond acceptors (Lipinski definition) is 5. The number of nitrogens with one attached hydrogen (secondary N) is 1. The molecule has 5 heteroatoms. The van der Waals surface area contributed by atoms with Crippen molar-refractivity contribution in [1.82, 2.24) is 15.0 Å². The summed E-state index contributed by atoms with van der Waals surface area (Å²) in [6.45, 7) is 4.58. The average molecular weight is 229 g/mol. The van der Waals surface area contributed by atoms with Crippen LogP contribution >= 0.6 is 0 Å². The van der Waals surface area contributed by atoms with E-state index in [2.05, 4.69) is 20.3 Å². The van der Waals surface area contributed by atoms with E-state index in [1.165, 1.54) is 0 Å². The topological polar surface area (TPSA) is 76.7 Å². The second-order valence-electron chi connectivity index (χ2n) is 3.92. The van der Waals surface area contributed by atoms with Gasteiger partial charge in [-0.3, -0.25) is 4.98 Å². The van der Waals surface area contributed by atoms with E-state index >= 15 is 0 Å². The highest BCUT2D eigenvalue weighted by atomic mass is 15.1. The minimum atomic E-state index is 0.278. The third-order valence-corrected chi connectivity index (χ3v) is 2.42. The van der Waals surface area contributed by atoms with Crippen LogP contribution in [0.2, 0.25) is 0 Å². The maximum Gasteiger partial charge on any atom is 0.221 e. The lowest BCUT2D eigenvalue weighted by molar-refractivity contribution is 1.04. The van der Waals surface area contributed by atoms with Gasteiger partial charge in [-0.2, -0.15) is 4.98 Å². The minimum absolute atomic E-state index is 0.278. The predicted octanol–water partition coefficient (Wildman–Crippen LogP) is 1.68. The Balaban J connectivity index is 2.07. The van der Waals surface area contributed by atoms with Crippen LogP contribution in [0.15, 0.2) is 24.5 Å². The molecule has 5 nitrogen and oxygen atoms in total. The molecule has 88 valence electrons. The Kier molecular flexibility index (Phi) is 3.18. The molecule has 0 amide bonds. The van der Waals surface area contributed by atoms with Crippen molar-refractivity contribution in [2.45, 2.75) is 20.4 Å². The van der Waals surface area contributed by atoms with E-state index in [1.807, 2.05) is 32.2 Å². The van der Waals surface area contributed by atoms with Gasteiger partial charge in [-0.25, -0.2) is 4.98 Å². The molecule has 17 heavy (non-hydrogen) atoms. The molecule has 0 fully saturated rings. The first kappa shape index (κ1) is 11.3. The highest BCUT2D eigenvalue weighted by Gasteiger charge is 2.01. The van der Waals surface area contributed by atoms with Crippen LogP contribution < -0.4 is 11.1 Å². The Morgan fingerprint density at radius 2 is 2.00 bits per heavy atom. The summed E-state index contributed by atoms with van der Waals surface area (Å²) in [6.07, 6.45) is 3.56. The van der Waals surface area contributed by atoms with Crippen LogP contribution in [0.3, 0.4) is 0 Å². The number of nitrogens with two attached hydrogens (primary N) is 1. The van der Waals surface area contributed by atoms with Gasteiger partial charge in [0.25, 0.3) is 0 Å². The van der Waals surface area contributed by atoms with Crippen LogP contribution in [0.5, 0.6) is 0 Å². The van der Waals surface area contributed by atoms with E-state index in [9.17, 15) is 0 Å². The molecule has 0 aliphatic carbocycles. The number of aryl methyl sites for hydroxylation is 2. The Morgan fingerprint density at radius 3 is 2.71 bits per heavy atom. The smallest absolute Gasteiger partial charge is 0.221 e. The zero-order chi connectivity index (χ0) is 12.3. The highest BCUT2D eigenvalue weighted by Crippen LogP contribution is 2.12. The molecule has 0 spiro atoms. The molecule has 3 N–H and O–H groups in total. The molecule has 2 aromatic rings. The summed E-state index contributed by atoms with van der Waals surface area (Å²) in [4.78, 5) is 12.3. The van der Waals surface area contributed by atoms with Gasteiger partial charge < -0.3 is 11.1 Å². The molecule has 0 atom stereocenters. The summed E-state index contributed by atoms with van der Waals surface area (Å²) in [6, 6.07) is 4.02. The summed E-state index contributed by atoms with van der Waals surface area (Å²) in [5, 5.41) is 3.22. The Bertz CT molecular complexity index is 507. The molecule has 0 saturated carbocycles. The number of hydrogen-bond donors (Lipinski definition) is 2. The van der Waals surface area contributed by atoms with Crippen molar-refractivity contribution in [1.29, 1.82) is 0 Å². The van der Waals surface area contributed by atoms with Crippen molar-refractivity contribution >= 4 is 11.8 Å². The molecule has 0 radical (unpaired) electrons. The summed E-state index contributed by atoms with van der Waals surface area (Å²) in [7, 11) is 0. The van der Waals surface area contributed by atoms with Gasteiger partial charge in [0.15, 0.2) is 0 Å². The monoisotopic (exact) mass is 229 g/mol. The molecule has 0 aromatic carbocycles. The first-order valence-electron chi connectivity index (χ1n) is 5.39. The molecule has 2 rings (SSSR count). The van der Waals surface area contributed by atoms with Gasteiger partial charge in [0.2, 0.25) is 5.95 Å². The van der Waals surface area contributed by atoms with Crippen LogP contribution in [0.25, 0.3) is 0 Å². The van der Waals surface area contributed by atoms with Gasteiger partial charge >= 0.3 is 0 Å². The second kappa shape index (κ2) is 4.78. The van der Waals surface area contributed by atoms with Crippen LogP contribution in [0.4, 0.5) is 11.8 Å². The van der Waals surface area contributed by atoms with Crippen LogP contribution in [0, 0.1) is 13.8 Å². The number of pyridine rings is 1. The van der Waals surface area contributed by atoms with Crippen LogP contribution in [-0.2, 0) is 6.54 Å². The van der Waals surface area contributed by atoms with E-state index in [1.54, 1.807) is 6.20 Å². The lowest BCUT2D eigenvalue weighted by atomic mass is 10.2. The van der Waals surface area contributed by atoms with Gasteiger partial charge in [0.1, 0.15) is 5.82 Å². The summed E-state index contributed by atoms with van der Waals surface area (Å²) in [5.41, 5.74) is 8.63. The molecular weight excluding hydrogens is 214 g/mol. The fourth-order valence-electron chi connectivity index (χ4n) is 1.42. The zero-order valence-electron chi connectivity index (χ0n) is 9.94. The maximum atomic E-state index is 5.54. The van der Waals surface area contributed by atoms with Crippen molar-refractivity contribution < 1.29 is 0 Å². The van der Waals surface area contributed by atoms with Crippen LogP contribution in [-0.4, -0.2) is 15.0 Å². The van der Waals surface area contributed by atoms with Gasteiger partial charge in [0, 0.05) is 30.2 Å². The fraction of sp³-hybridized carbons (Fsp3) is 0.250. The number of rotatable bonds is 3. The SMILES string of the molecule is Cc1ccc(CNc2nc(N)ncc2C)cn1. The van der Waals surface area contributed by atoms with E-state index in [-0.39, 0.29) is 5.95 Å². The molecule has 0 unspecified atom stereocenters. The highest BCUT2D eigenvalue weighted by molar-refractivity contribution is 5.45. The lowest BCUT2D eigenvalue weighted by Crippen LogP contribution is -2.06. The first-order valence-corrected chi connectivity index (χ1v) is 5.39. The Morgan fingerprint density at radius 1 is 1.18 bits per heavy atom. The average Bonchev–Trinajstić information content (AvgIpc) is 2.32. The van der Waals surface area contributed by atoms with Gasteiger partial charge in [-0.05, 0) is 25.5 Å². The van der Waals surface area contributed by atoms with E-state index in [4.69, 9.17) is 5.73 Å². The molecular formula is C12H15N5. The summed E-state index contributed by atoms with van der Waals surface area (Å²) >= 11 is 0. The number of nitrogen functional groups attached to an aromatic ring is 1. The quantitative estimate of drug-likeness (QED) is 0.837. The minimum Gasteiger partial charge on any atom is -0.368 e. The standard InChI is InChI=1S/C12H15N5/c1-8-5-16-12(13)17-11(8)15-7-10-4-3-9(2)14-6-10/h3-6H,7H2,1-2H3,(H3,13,15,16,17). The van der Waals surface area contributed by atoms with Gasteiger partial charge in [-0.1, -0.05) is 6.07 Å². The molecule has 0 aliphatic heterocycles. The van der Waals surface area contributed by atoms with E-state index in [0.29, 0.717) is 6.54 Å². The normalized spacial score (nSPS) is 10.2. The second-order valence-corrected chi connectivity index (χ2v) is 3.92. The maximum absolute atomic E-state index is 5.54. The van der Waals surface area contributed by atoms with E-state index in [0.717, 1.165) is 22.6 Å². The Labute approximate surface area is 100 Å². The Hall–Kier alpha value is -2.17. The zero-order valence-corrected chi connectivity index (χ0v) is 9.94. The fourth-order valence-corrected chi connectivity index (χ4v) is 1.42. The predicted molar refractivity (Wildman–Crippen MR) is 67.5 cm³/mol. The molecule has 2 heterocycles. The summed E-state index contributed by atoms with van der Waals surface area (Å²) < 4.78 is 0.